The zero-order valence-corrected chi connectivity index (χ0v) is 15.0. The van der Waals surface area contributed by atoms with Crippen LogP contribution in [-0.4, -0.2) is 40.5 Å². The summed E-state index contributed by atoms with van der Waals surface area (Å²) in [6.45, 7) is 5.42. The van der Waals surface area contributed by atoms with Crippen LogP contribution < -0.4 is 5.73 Å². The van der Waals surface area contributed by atoms with E-state index in [4.69, 9.17) is 10.5 Å². The molecule has 1 atom stereocenters. The van der Waals surface area contributed by atoms with Crippen LogP contribution in [0.1, 0.15) is 41.7 Å². The molecule has 2 N–H and O–H groups in total. The number of halogens is 1. The number of benzene rings is 1. The third-order valence-electron chi connectivity index (χ3n) is 4.23. The van der Waals surface area contributed by atoms with Gasteiger partial charge < -0.3 is 15.4 Å². The smallest absolute Gasteiger partial charge is 0.272 e. The number of ether oxygens (including phenoxy) is 1. The first-order valence-electron chi connectivity index (χ1n) is 8.72. The Balaban J connectivity index is 1.77. The topological polar surface area (TPSA) is 81.3 Å². The molecule has 2 aromatic rings. The van der Waals surface area contributed by atoms with E-state index < -0.39 is 0 Å². The summed E-state index contributed by atoms with van der Waals surface area (Å²) in [6.07, 6.45) is 0.441. The Bertz CT molecular complexity index is 780. The molecule has 7 heteroatoms. The molecule has 6 nitrogen and oxygen atoms in total. The highest BCUT2D eigenvalue weighted by Crippen LogP contribution is 2.23. The standard InChI is InChI=1S/C19H23FN4O2/c1-12(2)9-15-10-16(23-19(21)22-15)18(25)24-7-8-26-17(11-24)13-3-5-14(20)6-4-13/h3-6,10,12,17H,7-9,11H2,1-2H3,(H2,21,22,23). The SMILES string of the molecule is CC(C)Cc1cc(C(=O)N2CCOC(c3ccc(F)cc3)C2)nc(N)n1. The second kappa shape index (κ2) is 7.78. The van der Waals surface area contributed by atoms with Gasteiger partial charge in [-0.05, 0) is 36.1 Å². The van der Waals surface area contributed by atoms with Gasteiger partial charge in [-0.1, -0.05) is 26.0 Å². The lowest BCUT2D eigenvalue weighted by Crippen LogP contribution is -2.42. The summed E-state index contributed by atoms with van der Waals surface area (Å²) in [4.78, 5) is 22.9. The lowest BCUT2D eigenvalue weighted by atomic mass is 10.1. The molecule has 0 spiro atoms. The van der Waals surface area contributed by atoms with Crippen molar-refractivity contribution in [2.45, 2.75) is 26.4 Å². The summed E-state index contributed by atoms with van der Waals surface area (Å²) in [5.41, 5.74) is 7.68. The van der Waals surface area contributed by atoms with Gasteiger partial charge >= 0.3 is 0 Å². The summed E-state index contributed by atoms with van der Waals surface area (Å²) in [5.74, 6) is 0.0134. The van der Waals surface area contributed by atoms with Crippen LogP contribution in [0.15, 0.2) is 30.3 Å². The van der Waals surface area contributed by atoms with Gasteiger partial charge in [0, 0.05) is 12.2 Å². The average Bonchev–Trinajstić information content (AvgIpc) is 2.61. The van der Waals surface area contributed by atoms with Crippen LogP contribution in [0, 0.1) is 11.7 Å². The molecule has 0 saturated carbocycles. The van der Waals surface area contributed by atoms with Crippen LogP contribution in [0.5, 0.6) is 0 Å². The fourth-order valence-electron chi connectivity index (χ4n) is 3.03. The van der Waals surface area contributed by atoms with Crippen molar-refractivity contribution in [3.8, 4) is 0 Å². The van der Waals surface area contributed by atoms with Crippen LogP contribution in [0.2, 0.25) is 0 Å². The van der Waals surface area contributed by atoms with Crippen LogP contribution in [0.25, 0.3) is 0 Å². The van der Waals surface area contributed by atoms with Crippen molar-refractivity contribution in [3.63, 3.8) is 0 Å². The minimum atomic E-state index is -0.299. The largest absolute Gasteiger partial charge is 0.370 e. The number of hydrogen-bond donors (Lipinski definition) is 1. The van der Waals surface area contributed by atoms with Gasteiger partial charge in [0.15, 0.2) is 0 Å². The molecule has 0 aliphatic carbocycles. The first-order valence-corrected chi connectivity index (χ1v) is 8.72. The molecule has 1 fully saturated rings. The molecule has 1 unspecified atom stereocenters. The molecule has 0 bridgehead atoms. The predicted octanol–water partition coefficient (Wildman–Crippen LogP) is 2.61. The fraction of sp³-hybridized carbons (Fsp3) is 0.421. The number of nitrogens with zero attached hydrogens (tertiary/aromatic N) is 3. The van der Waals surface area contributed by atoms with E-state index in [1.165, 1.54) is 12.1 Å². The summed E-state index contributed by atoms with van der Waals surface area (Å²) in [5, 5.41) is 0. The average molecular weight is 358 g/mol. The van der Waals surface area contributed by atoms with Crippen molar-refractivity contribution >= 4 is 11.9 Å². The van der Waals surface area contributed by atoms with Crippen molar-refractivity contribution in [2.24, 2.45) is 5.92 Å². The van der Waals surface area contributed by atoms with Gasteiger partial charge in [0.05, 0.1) is 13.2 Å². The monoisotopic (exact) mass is 358 g/mol. The molecule has 26 heavy (non-hydrogen) atoms. The Hall–Kier alpha value is -2.54. The summed E-state index contributed by atoms with van der Waals surface area (Å²) in [7, 11) is 0. The van der Waals surface area contributed by atoms with E-state index in [2.05, 4.69) is 23.8 Å². The summed E-state index contributed by atoms with van der Waals surface area (Å²) < 4.78 is 18.9. The second-order valence-electron chi connectivity index (χ2n) is 6.86. The lowest BCUT2D eigenvalue weighted by molar-refractivity contribution is -0.0230. The van der Waals surface area contributed by atoms with Crippen molar-refractivity contribution in [3.05, 3.63) is 53.1 Å². The van der Waals surface area contributed by atoms with Gasteiger partial charge in [0.2, 0.25) is 5.95 Å². The van der Waals surface area contributed by atoms with Gasteiger partial charge in [0.25, 0.3) is 5.91 Å². The van der Waals surface area contributed by atoms with Gasteiger partial charge in [-0.2, -0.15) is 0 Å². The first kappa shape index (κ1) is 18.3. The normalized spacial score (nSPS) is 17.5. The number of rotatable bonds is 4. The Morgan fingerprint density at radius 3 is 2.77 bits per heavy atom. The number of nitrogens with two attached hydrogens (primary N) is 1. The molecule has 3 rings (SSSR count). The van der Waals surface area contributed by atoms with Gasteiger partial charge in [-0.25, -0.2) is 14.4 Å². The van der Waals surface area contributed by atoms with Crippen LogP contribution in [0.3, 0.4) is 0 Å². The molecule has 1 aliphatic heterocycles. The Labute approximate surface area is 152 Å². The summed E-state index contributed by atoms with van der Waals surface area (Å²) >= 11 is 0. The number of carbonyl (C=O) groups excluding carboxylic acids is 1. The van der Waals surface area contributed by atoms with E-state index in [1.54, 1.807) is 23.1 Å². The number of carbonyl (C=O) groups is 1. The van der Waals surface area contributed by atoms with Crippen molar-refractivity contribution in [1.82, 2.24) is 14.9 Å². The van der Waals surface area contributed by atoms with Crippen molar-refractivity contribution in [1.29, 1.82) is 0 Å². The molecule has 1 saturated heterocycles. The first-order chi connectivity index (χ1) is 12.4. The quantitative estimate of drug-likeness (QED) is 0.909. The molecular weight excluding hydrogens is 335 g/mol. The summed E-state index contributed by atoms with van der Waals surface area (Å²) in [6, 6.07) is 7.85. The zero-order chi connectivity index (χ0) is 18.7. The Kier molecular flexibility index (Phi) is 5.46. The highest BCUT2D eigenvalue weighted by atomic mass is 19.1. The maximum absolute atomic E-state index is 13.1. The lowest BCUT2D eigenvalue weighted by Gasteiger charge is -2.33. The number of amides is 1. The number of morpholine rings is 1. The van der Waals surface area contributed by atoms with Crippen molar-refractivity contribution in [2.75, 3.05) is 25.4 Å². The zero-order valence-electron chi connectivity index (χ0n) is 15.0. The molecule has 1 aromatic carbocycles. The molecule has 0 radical (unpaired) electrons. The van der Waals surface area contributed by atoms with Crippen LogP contribution in [0.4, 0.5) is 10.3 Å². The van der Waals surface area contributed by atoms with E-state index in [0.717, 1.165) is 17.7 Å². The Morgan fingerprint density at radius 2 is 2.08 bits per heavy atom. The highest BCUT2D eigenvalue weighted by molar-refractivity contribution is 5.92. The minimum Gasteiger partial charge on any atom is -0.370 e. The highest BCUT2D eigenvalue weighted by Gasteiger charge is 2.27. The fourth-order valence-corrected chi connectivity index (χ4v) is 3.03. The van der Waals surface area contributed by atoms with Gasteiger partial charge in [-0.3, -0.25) is 4.79 Å². The van der Waals surface area contributed by atoms with Crippen LogP contribution >= 0.6 is 0 Å². The van der Waals surface area contributed by atoms with E-state index in [9.17, 15) is 9.18 Å². The van der Waals surface area contributed by atoms with E-state index in [-0.39, 0.29) is 23.8 Å². The number of hydrogen-bond acceptors (Lipinski definition) is 5. The maximum atomic E-state index is 13.1. The molecule has 2 heterocycles. The number of aromatic nitrogens is 2. The maximum Gasteiger partial charge on any atom is 0.272 e. The van der Waals surface area contributed by atoms with E-state index in [0.29, 0.717) is 31.3 Å². The number of nitrogen functional groups attached to an aromatic ring is 1. The molecule has 1 aromatic heterocycles. The molecular formula is C19H23FN4O2. The molecule has 138 valence electrons. The number of anilines is 1. The van der Waals surface area contributed by atoms with Gasteiger partial charge in [0.1, 0.15) is 17.6 Å². The Morgan fingerprint density at radius 1 is 1.35 bits per heavy atom. The van der Waals surface area contributed by atoms with E-state index >= 15 is 0 Å². The van der Waals surface area contributed by atoms with E-state index in [1.807, 2.05) is 0 Å². The van der Waals surface area contributed by atoms with Gasteiger partial charge in [-0.15, -0.1) is 0 Å². The third-order valence-corrected chi connectivity index (χ3v) is 4.23. The van der Waals surface area contributed by atoms with Crippen LogP contribution in [-0.2, 0) is 11.2 Å². The third kappa shape index (κ3) is 4.35. The minimum absolute atomic E-state index is 0.106. The second-order valence-corrected chi connectivity index (χ2v) is 6.86. The predicted molar refractivity (Wildman–Crippen MR) is 96.0 cm³/mol. The van der Waals surface area contributed by atoms with Crippen molar-refractivity contribution < 1.29 is 13.9 Å². The molecule has 1 aliphatic rings. The molecule has 1 amide bonds.